The number of nitrogens with two attached hydrogens (primary N) is 1. The minimum atomic E-state index is 0.582. The van der Waals surface area contributed by atoms with E-state index in [1.165, 1.54) is 11.3 Å². The summed E-state index contributed by atoms with van der Waals surface area (Å²) < 4.78 is 6.65. The highest BCUT2D eigenvalue weighted by molar-refractivity contribution is 9.11. The molecule has 2 N–H and O–H groups in total. The first-order valence-corrected chi connectivity index (χ1v) is 9.05. The van der Waals surface area contributed by atoms with Gasteiger partial charge in [-0.3, -0.25) is 0 Å². The van der Waals surface area contributed by atoms with Crippen LogP contribution in [0.1, 0.15) is 5.69 Å². The Bertz CT molecular complexity index is 882. The van der Waals surface area contributed by atoms with Crippen LogP contribution in [0.25, 0.3) is 22.1 Å². The number of halogens is 2. The minimum absolute atomic E-state index is 0.582. The number of aromatic nitrogens is 3. The van der Waals surface area contributed by atoms with Crippen molar-refractivity contribution in [3.8, 4) is 27.8 Å². The summed E-state index contributed by atoms with van der Waals surface area (Å²) in [6.07, 6.45) is 0. The molecule has 0 aliphatic carbocycles. The highest BCUT2D eigenvalue weighted by atomic mass is 79.9. The number of thiazole rings is 1. The molecule has 3 rings (SSSR count). The van der Waals surface area contributed by atoms with E-state index in [0.717, 1.165) is 16.4 Å². The van der Waals surface area contributed by atoms with Crippen LogP contribution < -0.4 is 10.5 Å². The van der Waals surface area contributed by atoms with Gasteiger partial charge in [-0.25, -0.2) is 15.0 Å². The van der Waals surface area contributed by atoms with E-state index in [1.807, 2.05) is 18.4 Å². The number of hydrogen-bond acceptors (Lipinski definition) is 6. The van der Waals surface area contributed by atoms with Crippen LogP contribution in [0.4, 0.5) is 5.69 Å². The number of nitrogens with zero attached hydrogens (tertiary/aromatic N) is 3. The topological polar surface area (TPSA) is 73.9 Å². The van der Waals surface area contributed by atoms with Crippen molar-refractivity contribution in [3.05, 3.63) is 38.3 Å². The molecule has 0 unspecified atom stereocenters. The zero-order valence-electron chi connectivity index (χ0n) is 12.3. The molecule has 0 saturated carbocycles. The van der Waals surface area contributed by atoms with Crippen molar-refractivity contribution in [1.29, 1.82) is 0 Å². The van der Waals surface area contributed by atoms with Gasteiger partial charge in [-0.15, -0.1) is 11.3 Å². The molecule has 3 aromatic rings. The molecule has 0 aliphatic rings. The van der Waals surface area contributed by atoms with E-state index < -0.39 is 0 Å². The Hall–Kier alpha value is -1.51. The minimum Gasteiger partial charge on any atom is -0.497 e. The average Bonchev–Trinajstić information content (AvgIpc) is 2.95. The normalized spacial score (nSPS) is 10.8. The van der Waals surface area contributed by atoms with E-state index >= 15 is 0 Å². The average molecular weight is 456 g/mol. The number of rotatable bonds is 3. The van der Waals surface area contributed by atoms with E-state index in [0.29, 0.717) is 31.9 Å². The first kappa shape index (κ1) is 16.4. The molecule has 0 aliphatic heterocycles. The summed E-state index contributed by atoms with van der Waals surface area (Å²) in [5.74, 6) is 0.685. The second-order valence-electron chi connectivity index (χ2n) is 4.77. The molecule has 118 valence electrons. The molecule has 0 bridgehead atoms. The molecule has 0 radical (unpaired) electrons. The van der Waals surface area contributed by atoms with Crippen molar-refractivity contribution in [2.45, 2.75) is 6.92 Å². The van der Waals surface area contributed by atoms with Crippen LogP contribution >= 0.6 is 43.2 Å². The summed E-state index contributed by atoms with van der Waals surface area (Å²) in [5.41, 5.74) is 9.69. The molecular formula is C15H12Br2N4OS. The first-order chi connectivity index (χ1) is 11.0. The van der Waals surface area contributed by atoms with Crippen molar-refractivity contribution < 1.29 is 4.74 Å². The van der Waals surface area contributed by atoms with Crippen LogP contribution in [0.5, 0.6) is 5.75 Å². The smallest absolute Gasteiger partial charge is 0.142 e. The van der Waals surface area contributed by atoms with E-state index in [4.69, 9.17) is 10.5 Å². The molecule has 3 heterocycles. The van der Waals surface area contributed by atoms with Gasteiger partial charge in [0.05, 0.1) is 23.0 Å². The molecule has 0 saturated heterocycles. The number of nitrogen functional groups attached to an aromatic ring is 1. The van der Waals surface area contributed by atoms with Crippen molar-refractivity contribution in [1.82, 2.24) is 15.0 Å². The fourth-order valence-corrected chi connectivity index (χ4v) is 3.59. The first-order valence-electron chi connectivity index (χ1n) is 6.58. The van der Waals surface area contributed by atoms with Gasteiger partial charge < -0.3 is 10.5 Å². The zero-order chi connectivity index (χ0) is 16.6. The predicted octanol–water partition coefficient (Wildman–Crippen LogP) is 4.69. The Labute approximate surface area is 154 Å². The molecular weight excluding hydrogens is 444 g/mol. The van der Waals surface area contributed by atoms with Gasteiger partial charge in [-0.05, 0) is 44.8 Å². The Morgan fingerprint density at radius 3 is 2.52 bits per heavy atom. The van der Waals surface area contributed by atoms with Crippen LogP contribution in [0.15, 0.2) is 32.7 Å². The summed E-state index contributed by atoms with van der Waals surface area (Å²) in [6, 6.07) is 5.41. The monoisotopic (exact) mass is 454 g/mol. The largest absolute Gasteiger partial charge is 0.497 e. The summed E-state index contributed by atoms with van der Waals surface area (Å²) in [5, 5.41) is 2.81. The van der Waals surface area contributed by atoms with E-state index in [-0.39, 0.29) is 0 Å². The Morgan fingerprint density at radius 1 is 1.09 bits per heavy atom. The summed E-state index contributed by atoms with van der Waals surface area (Å²) in [4.78, 5) is 13.6. The molecule has 0 fully saturated rings. The van der Waals surface area contributed by atoms with Gasteiger partial charge >= 0.3 is 0 Å². The number of methoxy groups -OCH3 is 1. The molecule has 5 nitrogen and oxygen atoms in total. The van der Waals surface area contributed by atoms with E-state index in [9.17, 15) is 0 Å². The lowest BCUT2D eigenvalue weighted by atomic mass is 10.2. The summed E-state index contributed by atoms with van der Waals surface area (Å²) in [7, 11) is 1.61. The maximum absolute atomic E-state index is 6.13. The van der Waals surface area contributed by atoms with Crippen molar-refractivity contribution in [2.75, 3.05) is 12.8 Å². The van der Waals surface area contributed by atoms with Gasteiger partial charge in [0.1, 0.15) is 26.7 Å². The van der Waals surface area contributed by atoms with Crippen molar-refractivity contribution in [2.24, 2.45) is 0 Å². The molecule has 0 spiro atoms. The number of ether oxygens (including phenoxy) is 1. The number of aryl methyl sites for hydroxylation is 1. The summed E-state index contributed by atoms with van der Waals surface area (Å²) >= 11 is 8.42. The lowest BCUT2D eigenvalue weighted by Gasteiger charge is -2.10. The lowest BCUT2D eigenvalue weighted by Crippen LogP contribution is -1.98. The van der Waals surface area contributed by atoms with Gasteiger partial charge in [-0.2, -0.15) is 0 Å². The predicted molar refractivity (Wildman–Crippen MR) is 99.7 cm³/mol. The fourth-order valence-electron chi connectivity index (χ4n) is 2.01. The van der Waals surface area contributed by atoms with Crippen LogP contribution in [-0.4, -0.2) is 22.1 Å². The summed E-state index contributed by atoms with van der Waals surface area (Å²) in [6.45, 7) is 1.95. The Balaban J connectivity index is 2.19. The second kappa shape index (κ2) is 6.54. The van der Waals surface area contributed by atoms with Crippen LogP contribution in [0.3, 0.4) is 0 Å². The molecule has 23 heavy (non-hydrogen) atoms. The highest BCUT2D eigenvalue weighted by Gasteiger charge is 2.16. The standard InChI is InChI=1S/C15H12Br2N4OS/c1-7-6-23-15(19-7)11-5-9(18)13(17)14(21-11)10-3-8(22-2)4-12(16)20-10/h3-6H,1-2H3,(H2,18,21). The molecule has 3 aromatic heterocycles. The number of hydrogen-bond donors (Lipinski definition) is 1. The zero-order valence-corrected chi connectivity index (χ0v) is 16.3. The van der Waals surface area contributed by atoms with Crippen molar-refractivity contribution in [3.63, 3.8) is 0 Å². The molecule has 8 heteroatoms. The van der Waals surface area contributed by atoms with E-state index in [2.05, 4.69) is 46.8 Å². The van der Waals surface area contributed by atoms with E-state index in [1.54, 1.807) is 19.2 Å². The van der Waals surface area contributed by atoms with Gasteiger partial charge in [0.15, 0.2) is 0 Å². The van der Waals surface area contributed by atoms with Crippen LogP contribution in [0.2, 0.25) is 0 Å². The molecule has 0 aromatic carbocycles. The van der Waals surface area contributed by atoms with Gasteiger partial charge in [0.2, 0.25) is 0 Å². The highest BCUT2D eigenvalue weighted by Crippen LogP contribution is 2.36. The molecule has 0 amide bonds. The van der Waals surface area contributed by atoms with Gasteiger partial charge in [-0.1, -0.05) is 0 Å². The number of pyridine rings is 2. The van der Waals surface area contributed by atoms with Crippen LogP contribution in [0, 0.1) is 6.92 Å². The van der Waals surface area contributed by atoms with Crippen LogP contribution in [-0.2, 0) is 0 Å². The second-order valence-corrected chi connectivity index (χ2v) is 7.23. The maximum Gasteiger partial charge on any atom is 0.142 e. The van der Waals surface area contributed by atoms with Gasteiger partial charge in [0, 0.05) is 23.2 Å². The maximum atomic E-state index is 6.13. The fraction of sp³-hybridized carbons (Fsp3) is 0.133. The third-order valence-electron chi connectivity index (χ3n) is 3.07. The third-order valence-corrected chi connectivity index (χ3v) is 5.29. The quantitative estimate of drug-likeness (QED) is 0.579. The SMILES string of the molecule is COc1cc(Br)nc(-c2nc(-c3nc(C)cs3)cc(N)c2Br)c1. The van der Waals surface area contributed by atoms with Gasteiger partial charge in [0.25, 0.3) is 0 Å². The third kappa shape index (κ3) is 3.39. The van der Waals surface area contributed by atoms with Crippen molar-refractivity contribution >= 4 is 48.9 Å². The Kier molecular flexibility index (Phi) is 4.65. The molecule has 0 atom stereocenters. The number of anilines is 1. The Morgan fingerprint density at radius 2 is 1.87 bits per heavy atom. The lowest BCUT2D eigenvalue weighted by molar-refractivity contribution is 0.414.